The van der Waals surface area contributed by atoms with Gasteiger partial charge < -0.3 is 20.3 Å². The summed E-state index contributed by atoms with van der Waals surface area (Å²) in [7, 11) is 0. The molecule has 1 aromatic carbocycles. The molecule has 0 unspecified atom stereocenters. The highest BCUT2D eigenvalue weighted by Crippen LogP contribution is 2.37. The normalized spacial score (nSPS) is 28.2. The average Bonchev–Trinajstić information content (AvgIpc) is 3.20. The van der Waals surface area contributed by atoms with Crippen molar-refractivity contribution in [2.45, 2.75) is 58.0 Å². The van der Waals surface area contributed by atoms with Crippen LogP contribution in [-0.2, 0) is 14.3 Å². The molecule has 4 atom stereocenters. The number of rotatable bonds is 4. The van der Waals surface area contributed by atoms with Crippen LogP contribution >= 0.6 is 0 Å². The van der Waals surface area contributed by atoms with Gasteiger partial charge >= 0.3 is 5.97 Å². The summed E-state index contributed by atoms with van der Waals surface area (Å²) in [6.45, 7) is 4.91. The molecule has 1 saturated carbocycles. The van der Waals surface area contributed by atoms with E-state index in [0.29, 0.717) is 23.1 Å². The molecule has 2 heterocycles. The summed E-state index contributed by atoms with van der Waals surface area (Å²) in [4.78, 5) is 39.0. The second-order valence-corrected chi connectivity index (χ2v) is 8.59. The van der Waals surface area contributed by atoms with Gasteiger partial charge in [-0.2, -0.15) is 0 Å². The highest BCUT2D eigenvalue weighted by molar-refractivity contribution is 6.05. The number of anilines is 2. The number of carbonyl (C=O) groups is 3. The van der Waals surface area contributed by atoms with Crippen LogP contribution < -0.4 is 15.5 Å². The zero-order chi connectivity index (χ0) is 20.5. The molecule has 0 bridgehead atoms. The summed E-state index contributed by atoms with van der Waals surface area (Å²) in [5, 5.41) is 5.89. The first kappa shape index (κ1) is 19.7. The van der Waals surface area contributed by atoms with Gasteiger partial charge in [0.05, 0.1) is 16.9 Å². The van der Waals surface area contributed by atoms with Crippen molar-refractivity contribution in [3.63, 3.8) is 0 Å². The number of benzene rings is 1. The number of hydrogen-bond acceptors (Lipinski definition) is 5. The van der Waals surface area contributed by atoms with E-state index in [0.717, 1.165) is 37.9 Å². The van der Waals surface area contributed by atoms with E-state index in [2.05, 4.69) is 29.4 Å². The molecule has 3 aliphatic rings. The summed E-state index contributed by atoms with van der Waals surface area (Å²) in [6.07, 6.45) is 5.09. The van der Waals surface area contributed by atoms with Crippen LogP contribution in [0.1, 0.15) is 56.3 Å². The molecule has 0 radical (unpaired) electrons. The number of amides is 2. The first-order valence-electron chi connectivity index (χ1n) is 10.6. The zero-order valence-electron chi connectivity index (χ0n) is 17.1. The Hall–Kier alpha value is -2.57. The van der Waals surface area contributed by atoms with Gasteiger partial charge in [-0.3, -0.25) is 9.59 Å². The number of nitrogens with one attached hydrogen (secondary N) is 2. The minimum atomic E-state index is -0.564. The van der Waals surface area contributed by atoms with E-state index in [1.807, 2.05) is 6.07 Å². The maximum atomic E-state index is 12.4. The van der Waals surface area contributed by atoms with Crippen molar-refractivity contribution >= 4 is 29.2 Å². The summed E-state index contributed by atoms with van der Waals surface area (Å²) in [5.41, 5.74) is 1.88. The summed E-state index contributed by atoms with van der Waals surface area (Å²) in [6, 6.07) is 5.18. The van der Waals surface area contributed by atoms with Crippen LogP contribution in [-0.4, -0.2) is 43.0 Å². The topological polar surface area (TPSA) is 87.7 Å². The highest BCUT2D eigenvalue weighted by atomic mass is 16.5. The van der Waals surface area contributed by atoms with Gasteiger partial charge in [-0.25, -0.2) is 4.79 Å². The minimum absolute atomic E-state index is 0.0317. The monoisotopic (exact) mass is 399 g/mol. The van der Waals surface area contributed by atoms with Crippen LogP contribution in [0.4, 0.5) is 11.4 Å². The van der Waals surface area contributed by atoms with E-state index in [1.165, 1.54) is 6.42 Å². The smallest absolute Gasteiger partial charge is 0.338 e. The molecule has 2 aliphatic heterocycles. The highest BCUT2D eigenvalue weighted by Gasteiger charge is 2.36. The molecule has 4 rings (SSSR count). The molecule has 0 aromatic heterocycles. The third-order valence-corrected chi connectivity index (χ3v) is 6.74. The quantitative estimate of drug-likeness (QED) is 0.760. The minimum Gasteiger partial charge on any atom is -0.452 e. The Morgan fingerprint density at radius 2 is 2.03 bits per heavy atom. The fraction of sp³-hybridized carbons (Fsp3) is 0.591. The van der Waals surface area contributed by atoms with Gasteiger partial charge in [0.25, 0.3) is 5.91 Å². The fourth-order valence-corrected chi connectivity index (χ4v) is 4.81. The Bertz CT molecular complexity index is 824. The summed E-state index contributed by atoms with van der Waals surface area (Å²) in [5.74, 6) is 0.136. The number of ether oxygens (including phenoxy) is 1. The van der Waals surface area contributed by atoms with Gasteiger partial charge in [0.1, 0.15) is 6.04 Å². The Morgan fingerprint density at radius 3 is 2.86 bits per heavy atom. The molecule has 7 nitrogen and oxygen atoms in total. The van der Waals surface area contributed by atoms with Crippen molar-refractivity contribution in [3.8, 4) is 0 Å². The molecular formula is C22H29N3O4. The van der Waals surface area contributed by atoms with Gasteiger partial charge in [0.2, 0.25) is 5.91 Å². The van der Waals surface area contributed by atoms with Crippen molar-refractivity contribution in [2.75, 3.05) is 23.4 Å². The maximum absolute atomic E-state index is 12.4. The first-order chi connectivity index (χ1) is 13.9. The molecule has 1 aliphatic carbocycles. The van der Waals surface area contributed by atoms with Gasteiger partial charge in [0.15, 0.2) is 6.61 Å². The molecule has 156 valence electrons. The molecule has 2 amide bonds. The lowest BCUT2D eigenvalue weighted by molar-refractivity contribution is -0.125. The second kappa shape index (κ2) is 8.05. The van der Waals surface area contributed by atoms with Crippen molar-refractivity contribution in [1.29, 1.82) is 0 Å². The molecular weight excluding hydrogens is 370 g/mol. The second-order valence-electron chi connectivity index (χ2n) is 8.59. The molecule has 1 aromatic rings. The van der Waals surface area contributed by atoms with Crippen LogP contribution in [0, 0.1) is 11.8 Å². The lowest BCUT2D eigenvalue weighted by Crippen LogP contribution is -2.45. The molecule has 7 heteroatoms. The van der Waals surface area contributed by atoms with Crippen LogP contribution in [0.3, 0.4) is 0 Å². The number of nitrogens with zero attached hydrogens (tertiary/aromatic N) is 1. The number of fused-ring (bicyclic) bond motifs is 3. The lowest BCUT2D eigenvalue weighted by Gasteiger charge is -2.34. The SMILES string of the molecule is C[C@@H]1[C@@H](C)CCC[C@H]1NC(=O)COC(=O)c1ccc2c(c1)NC(=O)[C@H]1CCCN21. The van der Waals surface area contributed by atoms with Crippen molar-refractivity contribution in [3.05, 3.63) is 23.8 Å². The van der Waals surface area contributed by atoms with E-state index in [9.17, 15) is 14.4 Å². The van der Waals surface area contributed by atoms with E-state index < -0.39 is 5.97 Å². The van der Waals surface area contributed by atoms with Crippen LogP contribution in [0.25, 0.3) is 0 Å². The lowest BCUT2D eigenvalue weighted by atomic mass is 9.78. The Labute approximate surface area is 171 Å². The Kier molecular flexibility index (Phi) is 5.48. The number of esters is 1. The van der Waals surface area contributed by atoms with Crippen LogP contribution in [0.15, 0.2) is 18.2 Å². The van der Waals surface area contributed by atoms with E-state index >= 15 is 0 Å². The predicted octanol–water partition coefficient (Wildman–Crippen LogP) is 2.71. The first-order valence-corrected chi connectivity index (χ1v) is 10.6. The molecule has 1 saturated heterocycles. The van der Waals surface area contributed by atoms with Gasteiger partial charge in [-0.05, 0) is 49.3 Å². The number of carbonyl (C=O) groups excluding carboxylic acids is 3. The van der Waals surface area contributed by atoms with E-state index in [1.54, 1.807) is 12.1 Å². The average molecular weight is 399 g/mol. The molecule has 2 fully saturated rings. The molecule has 0 spiro atoms. The van der Waals surface area contributed by atoms with Crippen LogP contribution in [0.2, 0.25) is 0 Å². The summed E-state index contributed by atoms with van der Waals surface area (Å²) < 4.78 is 5.22. The third-order valence-electron chi connectivity index (χ3n) is 6.74. The van der Waals surface area contributed by atoms with Crippen molar-refractivity contribution in [2.24, 2.45) is 11.8 Å². The maximum Gasteiger partial charge on any atom is 0.338 e. The Morgan fingerprint density at radius 1 is 1.21 bits per heavy atom. The third kappa shape index (κ3) is 3.95. The standard InChI is InChI=1S/C22H29N3O4/c1-13-5-3-6-16(14(13)2)23-20(26)12-29-22(28)15-8-9-18-17(11-15)24-21(27)19-7-4-10-25(18)19/h8-9,11,13-14,16,19H,3-7,10,12H2,1-2H3,(H,23,26)(H,24,27)/t13-,14+,16+,19+/m0/s1. The van der Waals surface area contributed by atoms with Gasteiger partial charge in [0, 0.05) is 12.6 Å². The van der Waals surface area contributed by atoms with E-state index in [4.69, 9.17) is 4.74 Å². The van der Waals surface area contributed by atoms with Crippen molar-refractivity contribution < 1.29 is 19.1 Å². The largest absolute Gasteiger partial charge is 0.452 e. The predicted molar refractivity (Wildman–Crippen MR) is 110 cm³/mol. The fourth-order valence-electron chi connectivity index (χ4n) is 4.81. The van der Waals surface area contributed by atoms with Crippen molar-refractivity contribution in [1.82, 2.24) is 5.32 Å². The van der Waals surface area contributed by atoms with Gasteiger partial charge in [-0.1, -0.05) is 26.7 Å². The molecule has 2 N–H and O–H groups in total. The van der Waals surface area contributed by atoms with Gasteiger partial charge in [-0.15, -0.1) is 0 Å². The number of hydrogen-bond donors (Lipinski definition) is 2. The molecule has 29 heavy (non-hydrogen) atoms. The Balaban J connectivity index is 1.35. The zero-order valence-corrected chi connectivity index (χ0v) is 17.1. The summed E-state index contributed by atoms with van der Waals surface area (Å²) >= 11 is 0. The van der Waals surface area contributed by atoms with Crippen LogP contribution in [0.5, 0.6) is 0 Å². The van der Waals surface area contributed by atoms with E-state index in [-0.39, 0.29) is 30.5 Å².